The third kappa shape index (κ3) is 3.69. The monoisotopic (exact) mass is 281 g/mol. The molecule has 4 heteroatoms. The summed E-state index contributed by atoms with van der Waals surface area (Å²) in [6.45, 7) is 8.29. The van der Waals surface area contributed by atoms with Crippen molar-refractivity contribution in [3.8, 4) is 0 Å². The molecule has 2 N–H and O–H groups in total. The number of nitrogens with zero attached hydrogens (tertiary/aromatic N) is 1. The van der Waals surface area contributed by atoms with Crippen molar-refractivity contribution in [1.29, 1.82) is 0 Å². The van der Waals surface area contributed by atoms with Crippen LogP contribution in [0.5, 0.6) is 0 Å². The zero-order chi connectivity index (χ0) is 15.2. The molecule has 0 fully saturated rings. The molecule has 0 aliphatic rings. The van der Waals surface area contributed by atoms with E-state index in [0.29, 0.717) is 12.1 Å². The molecule has 0 unspecified atom stereocenters. The second-order valence-corrected chi connectivity index (χ2v) is 4.83. The van der Waals surface area contributed by atoms with Crippen LogP contribution in [-0.2, 0) is 0 Å². The largest absolute Gasteiger partial charge is 0.380 e. The number of nitrogens with one attached hydrogen (secondary N) is 2. The number of hydrogen-bond acceptors (Lipinski definition) is 3. The average molecular weight is 281 g/mol. The third-order valence-corrected chi connectivity index (χ3v) is 3.30. The zero-order valence-corrected chi connectivity index (χ0v) is 12.3. The van der Waals surface area contributed by atoms with Gasteiger partial charge in [-0.3, -0.25) is 9.78 Å². The Labute approximate surface area is 124 Å². The van der Waals surface area contributed by atoms with Gasteiger partial charge in [0.15, 0.2) is 0 Å². The first-order valence-electron chi connectivity index (χ1n) is 6.79. The molecule has 1 heterocycles. The first-order valence-corrected chi connectivity index (χ1v) is 6.79. The smallest absolute Gasteiger partial charge is 0.257 e. The van der Waals surface area contributed by atoms with Gasteiger partial charge in [0.25, 0.3) is 5.91 Å². The van der Waals surface area contributed by atoms with Crippen LogP contribution in [0.1, 0.15) is 21.5 Å². The molecule has 0 aliphatic carbocycles. The zero-order valence-electron chi connectivity index (χ0n) is 12.3. The maximum absolute atomic E-state index is 12.3. The quantitative estimate of drug-likeness (QED) is 0.824. The SMILES string of the molecule is C=CCNc1cncc(C(=O)Nc2cccc(C)c2C)c1. The fraction of sp³-hybridized carbons (Fsp3) is 0.176. The summed E-state index contributed by atoms with van der Waals surface area (Å²) in [7, 11) is 0. The van der Waals surface area contributed by atoms with E-state index in [-0.39, 0.29) is 5.91 Å². The standard InChI is InChI=1S/C17H19N3O/c1-4-8-19-15-9-14(10-18-11-15)17(21)20-16-7-5-6-12(2)13(16)3/h4-7,9-11,19H,1,8H2,2-3H3,(H,20,21). The summed E-state index contributed by atoms with van der Waals surface area (Å²) < 4.78 is 0. The molecule has 0 aliphatic heterocycles. The van der Waals surface area contributed by atoms with Crippen LogP contribution in [0.15, 0.2) is 49.3 Å². The molecule has 0 spiro atoms. The number of rotatable bonds is 5. The topological polar surface area (TPSA) is 54.0 Å². The van der Waals surface area contributed by atoms with E-state index < -0.39 is 0 Å². The number of aromatic nitrogens is 1. The Morgan fingerprint density at radius 2 is 2.14 bits per heavy atom. The second-order valence-electron chi connectivity index (χ2n) is 4.83. The van der Waals surface area contributed by atoms with Gasteiger partial charge in [-0.1, -0.05) is 18.2 Å². The summed E-state index contributed by atoms with van der Waals surface area (Å²) in [4.78, 5) is 16.4. The number of carbonyl (C=O) groups is 1. The van der Waals surface area contributed by atoms with Gasteiger partial charge in [0.1, 0.15) is 0 Å². The second kappa shape index (κ2) is 6.70. The highest BCUT2D eigenvalue weighted by atomic mass is 16.1. The van der Waals surface area contributed by atoms with Crippen molar-refractivity contribution < 1.29 is 4.79 Å². The van der Waals surface area contributed by atoms with Gasteiger partial charge < -0.3 is 10.6 Å². The Morgan fingerprint density at radius 3 is 2.90 bits per heavy atom. The van der Waals surface area contributed by atoms with Crippen molar-refractivity contribution in [2.45, 2.75) is 13.8 Å². The average Bonchev–Trinajstić information content (AvgIpc) is 2.50. The number of hydrogen-bond donors (Lipinski definition) is 2. The molecule has 0 atom stereocenters. The van der Waals surface area contributed by atoms with Gasteiger partial charge in [-0.2, -0.15) is 0 Å². The number of carbonyl (C=O) groups excluding carboxylic acids is 1. The summed E-state index contributed by atoms with van der Waals surface area (Å²) >= 11 is 0. The number of anilines is 2. The van der Waals surface area contributed by atoms with Crippen molar-refractivity contribution in [2.75, 3.05) is 17.2 Å². The lowest BCUT2D eigenvalue weighted by Crippen LogP contribution is -2.14. The summed E-state index contributed by atoms with van der Waals surface area (Å²) in [5.41, 5.74) is 4.35. The fourth-order valence-electron chi connectivity index (χ4n) is 1.93. The van der Waals surface area contributed by atoms with Crippen LogP contribution in [-0.4, -0.2) is 17.4 Å². The minimum Gasteiger partial charge on any atom is -0.380 e. The van der Waals surface area contributed by atoms with E-state index in [1.54, 1.807) is 24.5 Å². The summed E-state index contributed by atoms with van der Waals surface area (Å²) in [5.74, 6) is -0.168. The maximum atomic E-state index is 12.3. The van der Waals surface area contributed by atoms with Gasteiger partial charge in [0.2, 0.25) is 0 Å². The molecule has 4 nitrogen and oxygen atoms in total. The molecule has 108 valence electrons. The number of amides is 1. The molecule has 2 rings (SSSR count). The highest BCUT2D eigenvalue weighted by molar-refractivity contribution is 6.05. The molecule has 0 saturated heterocycles. The van der Waals surface area contributed by atoms with Crippen LogP contribution in [0.2, 0.25) is 0 Å². The molecule has 1 aromatic carbocycles. The van der Waals surface area contributed by atoms with Crippen LogP contribution in [0.4, 0.5) is 11.4 Å². The molecule has 2 aromatic rings. The van der Waals surface area contributed by atoms with E-state index in [0.717, 1.165) is 22.5 Å². The van der Waals surface area contributed by atoms with E-state index in [4.69, 9.17) is 0 Å². The van der Waals surface area contributed by atoms with Gasteiger partial charge in [-0.05, 0) is 37.1 Å². The lowest BCUT2D eigenvalue weighted by atomic mass is 10.1. The Kier molecular flexibility index (Phi) is 4.72. The lowest BCUT2D eigenvalue weighted by molar-refractivity contribution is 0.102. The number of pyridine rings is 1. The molecule has 1 aromatic heterocycles. The van der Waals surface area contributed by atoms with E-state index in [9.17, 15) is 4.79 Å². The normalized spacial score (nSPS) is 10.0. The van der Waals surface area contributed by atoms with E-state index >= 15 is 0 Å². The van der Waals surface area contributed by atoms with Crippen molar-refractivity contribution in [1.82, 2.24) is 4.98 Å². The Bertz CT molecular complexity index is 665. The number of aryl methyl sites for hydroxylation is 1. The minimum atomic E-state index is -0.168. The van der Waals surface area contributed by atoms with Crippen LogP contribution in [0.3, 0.4) is 0 Å². The Balaban J connectivity index is 2.16. The molecule has 0 radical (unpaired) electrons. The molecule has 0 saturated carbocycles. The van der Waals surface area contributed by atoms with Gasteiger partial charge >= 0.3 is 0 Å². The van der Waals surface area contributed by atoms with Crippen molar-refractivity contribution in [3.63, 3.8) is 0 Å². The van der Waals surface area contributed by atoms with Crippen molar-refractivity contribution in [2.24, 2.45) is 0 Å². The first kappa shape index (κ1) is 14.8. The summed E-state index contributed by atoms with van der Waals surface area (Å²) in [5, 5.41) is 6.04. The first-order chi connectivity index (χ1) is 10.1. The molecular formula is C17H19N3O. The highest BCUT2D eigenvalue weighted by Crippen LogP contribution is 2.19. The summed E-state index contributed by atoms with van der Waals surface area (Å²) in [6, 6.07) is 7.62. The Hall–Kier alpha value is -2.62. The molecule has 21 heavy (non-hydrogen) atoms. The highest BCUT2D eigenvalue weighted by Gasteiger charge is 2.09. The van der Waals surface area contributed by atoms with Crippen LogP contribution < -0.4 is 10.6 Å². The molecule has 1 amide bonds. The Morgan fingerprint density at radius 1 is 1.33 bits per heavy atom. The third-order valence-electron chi connectivity index (χ3n) is 3.30. The number of benzene rings is 1. The van der Waals surface area contributed by atoms with Gasteiger partial charge in [-0.25, -0.2) is 0 Å². The van der Waals surface area contributed by atoms with Crippen LogP contribution >= 0.6 is 0 Å². The predicted molar refractivity (Wildman–Crippen MR) is 86.8 cm³/mol. The van der Waals surface area contributed by atoms with Gasteiger partial charge in [-0.15, -0.1) is 6.58 Å². The van der Waals surface area contributed by atoms with E-state index in [1.807, 2.05) is 32.0 Å². The predicted octanol–water partition coefficient (Wildman–Crippen LogP) is 3.55. The minimum absolute atomic E-state index is 0.168. The van der Waals surface area contributed by atoms with E-state index in [1.165, 1.54) is 0 Å². The summed E-state index contributed by atoms with van der Waals surface area (Å²) in [6.07, 6.45) is 4.99. The lowest BCUT2D eigenvalue weighted by Gasteiger charge is -2.11. The maximum Gasteiger partial charge on any atom is 0.257 e. The van der Waals surface area contributed by atoms with Crippen molar-refractivity contribution >= 4 is 17.3 Å². The van der Waals surface area contributed by atoms with Crippen LogP contribution in [0, 0.1) is 13.8 Å². The van der Waals surface area contributed by atoms with Crippen LogP contribution in [0.25, 0.3) is 0 Å². The van der Waals surface area contributed by atoms with Crippen molar-refractivity contribution in [3.05, 3.63) is 66.0 Å². The van der Waals surface area contributed by atoms with Gasteiger partial charge in [0, 0.05) is 24.6 Å². The van der Waals surface area contributed by atoms with E-state index in [2.05, 4.69) is 22.2 Å². The fourth-order valence-corrected chi connectivity index (χ4v) is 1.93. The molecular weight excluding hydrogens is 262 g/mol. The molecule has 0 bridgehead atoms. The van der Waals surface area contributed by atoms with Gasteiger partial charge in [0.05, 0.1) is 11.3 Å².